The number of imidazole rings is 1. The lowest BCUT2D eigenvalue weighted by Crippen LogP contribution is -2.44. The van der Waals surface area contributed by atoms with Crippen molar-refractivity contribution >= 4 is 36.5 Å². The number of esters is 1. The van der Waals surface area contributed by atoms with Crippen molar-refractivity contribution in [3.8, 4) is 11.6 Å². The van der Waals surface area contributed by atoms with E-state index in [4.69, 9.17) is 34.9 Å². The molecule has 1 aliphatic rings. The molecule has 6 atom stereocenters. The van der Waals surface area contributed by atoms with Gasteiger partial charge in [0, 0.05) is 0 Å². The summed E-state index contributed by atoms with van der Waals surface area (Å²) in [6.45, 7) is 9.89. The Kier molecular flexibility index (Phi) is 9.57. The number of nitrogens with zero attached hydrogens (tertiary/aromatic N) is 4. The number of carbonyl (C=O) groups is 1. The molecule has 0 bridgehead atoms. The summed E-state index contributed by atoms with van der Waals surface area (Å²) in [5.74, 6) is 0.312. The number of halogens is 1. The number of benzene rings is 1. The van der Waals surface area contributed by atoms with Gasteiger partial charge in [-0.15, -0.1) is 11.6 Å². The highest BCUT2D eigenvalue weighted by atomic mass is 35.5. The molecule has 3 aromatic rings. The standard InChI is InChI=1S/C26H35ClN5O8P/c1-7-36-23-20-22(29-17(5)30-23)32(14-28-20)25-26(6,27)21(19(13-33)38-25)40-41(35,39-18-11-9-8-10-12-18)31-16(4)24(34)37-15(2)3/h8-12,14-16,19,21,25,33H,7,13H2,1-6H3,(H,31,35)/t16-,19-,21-,25-,26-,41?/m1/s1. The Hall–Kier alpha value is -2.80. The van der Waals surface area contributed by atoms with Crippen LogP contribution in [0.3, 0.4) is 0 Å². The Bertz CT molecular complexity index is 1410. The first-order valence-electron chi connectivity index (χ1n) is 13.2. The summed E-state index contributed by atoms with van der Waals surface area (Å²) in [6, 6.07) is 7.24. The number of ether oxygens (including phenoxy) is 3. The molecule has 3 heterocycles. The zero-order chi connectivity index (χ0) is 29.9. The van der Waals surface area contributed by atoms with E-state index in [1.165, 1.54) is 13.3 Å². The van der Waals surface area contributed by atoms with E-state index in [9.17, 15) is 14.5 Å². The molecule has 0 spiro atoms. The number of nitrogens with one attached hydrogen (secondary N) is 1. The van der Waals surface area contributed by atoms with Gasteiger partial charge in [-0.3, -0.25) is 13.9 Å². The number of rotatable bonds is 12. The topological polar surface area (TPSA) is 156 Å². The largest absolute Gasteiger partial charge is 0.476 e. The van der Waals surface area contributed by atoms with Gasteiger partial charge in [0.1, 0.15) is 34.7 Å². The smallest absolute Gasteiger partial charge is 0.459 e. The highest BCUT2D eigenvalue weighted by Crippen LogP contribution is 2.54. The second-order valence-corrected chi connectivity index (χ2v) is 12.4. The molecule has 0 amide bonds. The van der Waals surface area contributed by atoms with Crippen LogP contribution < -0.4 is 14.3 Å². The monoisotopic (exact) mass is 611 g/mol. The number of hydrogen-bond acceptors (Lipinski definition) is 11. The van der Waals surface area contributed by atoms with E-state index in [0.717, 1.165) is 0 Å². The summed E-state index contributed by atoms with van der Waals surface area (Å²) < 4.78 is 44.7. The molecule has 1 aromatic carbocycles. The molecule has 1 unspecified atom stereocenters. The number of aliphatic hydroxyl groups excluding tert-OH is 1. The molecule has 0 radical (unpaired) electrons. The molecule has 2 aromatic heterocycles. The maximum absolute atomic E-state index is 14.2. The minimum atomic E-state index is -4.35. The minimum Gasteiger partial charge on any atom is -0.476 e. The Morgan fingerprint density at radius 1 is 1.27 bits per heavy atom. The zero-order valence-electron chi connectivity index (χ0n) is 23.7. The zero-order valence-corrected chi connectivity index (χ0v) is 25.3. The first-order chi connectivity index (χ1) is 19.4. The van der Waals surface area contributed by atoms with Crippen LogP contribution in [0, 0.1) is 6.92 Å². The average molecular weight is 612 g/mol. The third-order valence-electron chi connectivity index (χ3n) is 6.17. The molecule has 224 valence electrons. The molecular weight excluding hydrogens is 577 g/mol. The number of fused-ring (bicyclic) bond motifs is 1. The first-order valence-corrected chi connectivity index (χ1v) is 15.1. The molecule has 1 saturated heterocycles. The quantitative estimate of drug-likeness (QED) is 0.173. The second-order valence-electron chi connectivity index (χ2n) is 9.96. The fraction of sp³-hybridized carbons (Fsp3) is 0.538. The molecule has 1 fully saturated rings. The van der Waals surface area contributed by atoms with E-state index in [0.29, 0.717) is 29.5 Å². The third kappa shape index (κ3) is 6.82. The molecule has 1 aliphatic heterocycles. The number of alkyl halides is 1. The van der Waals surface area contributed by atoms with Crippen molar-refractivity contribution in [1.29, 1.82) is 0 Å². The summed E-state index contributed by atoms with van der Waals surface area (Å²) in [5, 5.41) is 12.9. The van der Waals surface area contributed by atoms with Crippen molar-refractivity contribution in [2.75, 3.05) is 13.2 Å². The highest BCUT2D eigenvalue weighted by molar-refractivity contribution is 7.52. The van der Waals surface area contributed by atoms with Crippen LogP contribution in [0.2, 0.25) is 0 Å². The van der Waals surface area contributed by atoms with Crippen molar-refractivity contribution in [3.05, 3.63) is 42.5 Å². The Balaban J connectivity index is 1.69. The van der Waals surface area contributed by atoms with Gasteiger partial charge in [-0.25, -0.2) is 14.5 Å². The first kappa shape index (κ1) is 31.1. The number of aromatic nitrogens is 4. The van der Waals surface area contributed by atoms with Crippen molar-refractivity contribution in [2.24, 2.45) is 0 Å². The van der Waals surface area contributed by atoms with Gasteiger partial charge >= 0.3 is 13.7 Å². The van der Waals surface area contributed by atoms with Crippen LogP contribution in [0.15, 0.2) is 36.7 Å². The maximum Gasteiger partial charge on any atom is 0.459 e. The minimum absolute atomic E-state index is 0.219. The summed E-state index contributed by atoms with van der Waals surface area (Å²) in [5.41, 5.74) is 0.790. The maximum atomic E-state index is 14.2. The highest BCUT2D eigenvalue weighted by Gasteiger charge is 2.57. The predicted octanol–water partition coefficient (Wildman–Crippen LogP) is 3.92. The van der Waals surface area contributed by atoms with E-state index >= 15 is 0 Å². The molecule has 4 rings (SSSR count). The molecule has 41 heavy (non-hydrogen) atoms. The Morgan fingerprint density at radius 2 is 1.98 bits per heavy atom. The van der Waals surface area contributed by atoms with Crippen LogP contribution in [0.1, 0.15) is 46.7 Å². The predicted molar refractivity (Wildman–Crippen MR) is 150 cm³/mol. The van der Waals surface area contributed by atoms with Gasteiger partial charge in [0.15, 0.2) is 17.4 Å². The molecule has 0 aliphatic carbocycles. The fourth-order valence-electron chi connectivity index (χ4n) is 4.40. The van der Waals surface area contributed by atoms with Gasteiger partial charge in [-0.2, -0.15) is 10.1 Å². The number of carbonyl (C=O) groups excluding carboxylic acids is 1. The normalized spacial score (nSPS) is 24.8. The second kappa shape index (κ2) is 12.6. The lowest BCUT2D eigenvalue weighted by Gasteiger charge is -2.32. The number of para-hydroxylation sites is 1. The van der Waals surface area contributed by atoms with Crippen LogP contribution in [-0.4, -0.2) is 73.0 Å². The number of aryl methyl sites for hydroxylation is 1. The Labute approximate surface area is 243 Å². The van der Waals surface area contributed by atoms with Crippen LogP contribution in [0.4, 0.5) is 0 Å². The van der Waals surface area contributed by atoms with Crippen LogP contribution in [0.5, 0.6) is 11.6 Å². The van der Waals surface area contributed by atoms with Gasteiger partial charge in [0.2, 0.25) is 5.88 Å². The Morgan fingerprint density at radius 3 is 2.61 bits per heavy atom. The van der Waals surface area contributed by atoms with Gasteiger partial charge in [0.25, 0.3) is 0 Å². The summed E-state index contributed by atoms with van der Waals surface area (Å²) in [4.78, 5) is 24.3. The van der Waals surface area contributed by atoms with Gasteiger partial charge in [-0.05, 0) is 53.7 Å². The third-order valence-corrected chi connectivity index (χ3v) is 8.23. The van der Waals surface area contributed by atoms with Crippen molar-refractivity contribution in [2.45, 2.75) is 77.0 Å². The van der Waals surface area contributed by atoms with Gasteiger partial charge in [-0.1, -0.05) is 18.2 Å². The van der Waals surface area contributed by atoms with Crippen molar-refractivity contribution < 1.29 is 37.7 Å². The fourth-order valence-corrected chi connectivity index (χ4v) is 6.59. The summed E-state index contributed by atoms with van der Waals surface area (Å²) >= 11 is 7.10. The number of aliphatic hydroxyl groups is 1. The molecule has 15 heteroatoms. The van der Waals surface area contributed by atoms with E-state index in [2.05, 4.69) is 20.0 Å². The van der Waals surface area contributed by atoms with Crippen LogP contribution >= 0.6 is 19.3 Å². The van der Waals surface area contributed by atoms with Gasteiger partial charge < -0.3 is 23.8 Å². The van der Waals surface area contributed by atoms with Crippen LogP contribution in [0.25, 0.3) is 11.2 Å². The van der Waals surface area contributed by atoms with Crippen molar-refractivity contribution in [1.82, 2.24) is 24.6 Å². The van der Waals surface area contributed by atoms with E-state index in [-0.39, 0.29) is 5.75 Å². The SMILES string of the molecule is CCOc1nc(C)nc2c1ncn2[C@@H]1O[C@H](CO)[C@@H](OP(=O)(N[C@H](C)C(=O)OC(C)C)Oc2ccccc2)[C@@]1(C)Cl. The lowest BCUT2D eigenvalue weighted by atomic mass is 10.0. The van der Waals surface area contributed by atoms with Crippen molar-refractivity contribution in [3.63, 3.8) is 0 Å². The van der Waals surface area contributed by atoms with E-state index in [1.54, 1.807) is 62.6 Å². The lowest BCUT2D eigenvalue weighted by molar-refractivity contribution is -0.149. The molecule has 0 saturated carbocycles. The number of hydrogen-bond donors (Lipinski definition) is 2. The summed E-state index contributed by atoms with van der Waals surface area (Å²) in [7, 11) is -4.35. The van der Waals surface area contributed by atoms with E-state index < -0.39 is 55.8 Å². The van der Waals surface area contributed by atoms with Crippen LogP contribution in [-0.2, 0) is 23.4 Å². The molecule has 2 N–H and O–H groups in total. The summed E-state index contributed by atoms with van der Waals surface area (Å²) in [6.07, 6.45) is -2.13. The molecule has 13 nitrogen and oxygen atoms in total. The molecular formula is C26H35ClN5O8P. The average Bonchev–Trinajstić information content (AvgIpc) is 3.41. The van der Waals surface area contributed by atoms with E-state index in [1.807, 2.05) is 6.92 Å². The van der Waals surface area contributed by atoms with Gasteiger partial charge in [0.05, 0.1) is 25.6 Å².